The second kappa shape index (κ2) is 13.2. The molecule has 2 fully saturated rings. The normalized spacial score (nSPS) is 21.8. The molecular formula is C26H42IN3O5S. The van der Waals surface area contributed by atoms with Crippen LogP contribution in [-0.4, -0.2) is 95.1 Å². The number of hydrogen-bond acceptors (Lipinski definition) is 6. The maximum Gasteiger partial charge on any atom is 0.248 e. The van der Waals surface area contributed by atoms with E-state index in [1.807, 2.05) is 34.5 Å². The molecule has 36 heavy (non-hydrogen) atoms. The second-order valence-electron chi connectivity index (χ2n) is 10.3. The van der Waals surface area contributed by atoms with Crippen LogP contribution in [-0.2, 0) is 19.6 Å². The molecule has 0 spiro atoms. The van der Waals surface area contributed by atoms with Crippen molar-refractivity contribution in [3.8, 4) is 5.75 Å². The quantitative estimate of drug-likeness (QED) is 0.258. The zero-order chi connectivity index (χ0) is 26.5. The van der Waals surface area contributed by atoms with Crippen molar-refractivity contribution in [2.24, 2.45) is 11.8 Å². The van der Waals surface area contributed by atoms with Gasteiger partial charge in [-0.25, -0.2) is 8.42 Å². The van der Waals surface area contributed by atoms with Crippen LogP contribution in [0.2, 0.25) is 0 Å². The van der Waals surface area contributed by atoms with Gasteiger partial charge < -0.3 is 19.3 Å². The van der Waals surface area contributed by atoms with Crippen LogP contribution in [0.15, 0.2) is 17.0 Å². The molecule has 0 aromatic heterocycles. The van der Waals surface area contributed by atoms with Gasteiger partial charge in [0.1, 0.15) is 12.4 Å². The number of carbonyl (C=O) groups excluding carboxylic acids is 1. The largest absolute Gasteiger partial charge is 0.497 e. The van der Waals surface area contributed by atoms with E-state index < -0.39 is 10.0 Å². The molecule has 1 aliphatic carbocycles. The minimum absolute atomic E-state index is 0.0435. The van der Waals surface area contributed by atoms with Gasteiger partial charge in [0.2, 0.25) is 15.9 Å². The Bertz CT molecular complexity index is 970. The number of likely N-dealkylation sites (tertiary alicyclic amines) is 1. The molecule has 1 heterocycles. The van der Waals surface area contributed by atoms with Crippen molar-refractivity contribution in [1.82, 2.24) is 14.1 Å². The van der Waals surface area contributed by atoms with Crippen LogP contribution >= 0.6 is 22.6 Å². The van der Waals surface area contributed by atoms with Crippen LogP contribution in [0.25, 0.3) is 0 Å². The molecule has 1 unspecified atom stereocenters. The zero-order valence-electron chi connectivity index (χ0n) is 22.3. The maximum absolute atomic E-state index is 13.1. The second-order valence-corrected chi connectivity index (χ2v) is 13.5. The van der Waals surface area contributed by atoms with E-state index in [1.165, 1.54) is 63.1 Å². The fourth-order valence-electron chi connectivity index (χ4n) is 5.20. The first kappa shape index (κ1) is 29.6. The number of hydrogen-bond donors (Lipinski definition) is 0. The molecule has 1 saturated heterocycles. The fraction of sp³-hybridized carbons (Fsp3) is 0.731. The van der Waals surface area contributed by atoms with Gasteiger partial charge in [-0.15, -0.1) is 0 Å². The number of halogens is 1. The van der Waals surface area contributed by atoms with Gasteiger partial charge in [-0.05, 0) is 111 Å². The SMILES string of the molecule is COc1cc(C)c(S(=O)(=O)N(C)CCOCC(=O)N(C)C(C)C2CCC(CN3CCC3)CC2)c(I)c1. The number of likely N-dealkylation sites (N-methyl/N-ethyl adjacent to an activating group) is 2. The minimum atomic E-state index is -3.69. The number of carbonyl (C=O) groups is 1. The van der Waals surface area contributed by atoms with Gasteiger partial charge in [0.15, 0.2) is 0 Å². The van der Waals surface area contributed by atoms with E-state index in [4.69, 9.17) is 9.47 Å². The molecule has 10 heteroatoms. The molecule has 0 bridgehead atoms. The molecular weight excluding hydrogens is 593 g/mol. The van der Waals surface area contributed by atoms with Crippen LogP contribution in [0, 0.1) is 22.3 Å². The number of rotatable bonds is 12. The molecule has 1 saturated carbocycles. The van der Waals surface area contributed by atoms with E-state index in [0.717, 1.165) is 5.92 Å². The Labute approximate surface area is 230 Å². The van der Waals surface area contributed by atoms with Crippen molar-refractivity contribution in [2.75, 3.05) is 60.6 Å². The number of benzene rings is 1. The maximum atomic E-state index is 13.1. The summed E-state index contributed by atoms with van der Waals surface area (Å²) in [5, 5.41) is 0. The molecule has 1 aromatic rings. The van der Waals surface area contributed by atoms with Crippen molar-refractivity contribution in [3.63, 3.8) is 0 Å². The summed E-state index contributed by atoms with van der Waals surface area (Å²) in [6.45, 7) is 7.93. The summed E-state index contributed by atoms with van der Waals surface area (Å²) in [5.74, 6) is 1.89. The lowest BCUT2D eigenvalue weighted by molar-refractivity contribution is -0.138. The van der Waals surface area contributed by atoms with Crippen molar-refractivity contribution >= 4 is 38.5 Å². The van der Waals surface area contributed by atoms with Gasteiger partial charge in [0.05, 0.1) is 18.6 Å². The predicted molar refractivity (Wildman–Crippen MR) is 150 cm³/mol. The Hall–Kier alpha value is -0.950. The molecule has 8 nitrogen and oxygen atoms in total. The average Bonchev–Trinajstić information content (AvgIpc) is 2.82. The summed E-state index contributed by atoms with van der Waals surface area (Å²) in [5.41, 5.74) is 0.631. The summed E-state index contributed by atoms with van der Waals surface area (Å²) in [7, 11) is 1.26. The molecule has 1 aliphatic heterocycles. The number of methoxy groups -OCH3 is 1. The fourth-order valence-corrected chi connectivity index (χ4v) is 8.17. The highest BCUT2D eigenvalue weighted by Crippen LogP contribution is 2.33. The number of amides is 1. The van der Waals surface area contributed by atoms with Crippen LogP contribution in [0.1, 0.15) is 44.6 Å². The minimum Gasteiger partial charge on any atom is -0.497 e. The van der Waals surface area contributed by atoms with Gasteiger partial charge in [-0.2, -0.15) is 4.31 Å². The van der Waals surface area contributed by atoms with Crippen molar-refractivity contribution in [1.29, 1.82) is 0 Å². The van der Waals surface area contributed by atoms with E-state index in [9.17, 15) is 13.2 Å². The monoisotopic (exact) mass is 635 g/mol. The van der Waals surface area contributed by atoms with Gasteiger partial charge in [-0.1, -0.05) is 0 Å². The van der Waals surface area contributed by atoms with Crippen LogP contribution in [0.4, 0.5) is 0 Å². The summed E-state index contributed by atoms with van der Waals surface area (Å²) in [6, 6.07) is 3.60. The third kappa shape index (κ3) is 7.33. The first-order valence-corrected chi connectivity index (χ1v) is 15.4. The lowest BCUT2D eigenvalue weighted by Crippen LogP contribution is -2.44. The Morgan fingerprint density at radius 3 is 2.42 bits per heavy atom. The number of ether oxygens (including phenoxy) is 2. The van der Waals surface area contributed by atoms with Crippen molar-refractivity contribution in [2.45, 2.75) is 56.9 Å². The summed E-state index contributed by atoms with van der Waals surface area (Å²) in [6.07, 6.45) is 6.18. The van der Waals surface area contributed by atoms with Gasteiger partial charge >= 0.3 is 0 Å². The van der Waals surface area contributed by atoms with Gasteiger partial charge in [0.25, 0.3) is 0 Å². The van der Waals surface area contributed by atoms with Crippen LogP contribution < -0.4 is 4.74 Å². The van der Waals surface area contributed by atoms with Crippen LogP contribution in [0.3, 0.4) is 0 Å². The molecule has 0 N–H and O–H groups in total. The predicted octanol–water partition coefficient (Wildman–Crippen LogP) is 3.60. The van der Waals surface area contributed by atoms with Crippen LogP contribution in [0.5, 0.6) is 5.75 Å². The molecule has 3 rings (SSSR count). The Kier molecular flexibility index (Phi) is 10.9. The highest BCUT2D eigenvalue weighted by molar-refractivity contribution is 14.1. The topological polar surface area (TPSA) is 79.4 Å². The highest BCUT2D eigenvalue weighted by Gasteiger charge is 2.31. The molecule has 1 aromatic carbocycles. The zero-order valence-corrected chi connectivity index (χ0v) is 25.3. The first-order valence-electron chi connectivity index (χ1n) is 12.9. The molecule has 204 valence electrons. The lowest BCUT2D eigenvalue weighted by atomic mass is 9.78. The third-order valence-corrected chi connectivity index (χ3v) is 11.2. The van der Waals surface area contributed by atoms with E-state index in [0.29, 0.717) is 20.8 Å². The Balaban J connectivity index is 1.41. The van der Waals surface area contributed by atoms with Crippen molar-refractivity contribution < 1.29 is 22.7 Å². The third-order valence-electron chi connectivity index (χ3n) is 7.93. The Morgan fingerprint density at radius 1 is 1.19 bits per heavy atom. The lowest BCUT2D eigenvalue weighted by Gasteiger charge is -2.40. The van der Waals surface area contributed by atoms with Crippen molar-refractivity contribution in [3.05, 3.63) is 21.3 Å². The van der Waals surface area contributed by atoms with E-state index in [2.05, 4.69) is 11.8 Å². The average molecular weight is 636 g/mol. The molecule has 0 radical (unpaired) electrons. The summed E-state index contributed by atoms with van der Waals surface area (Å²) < 4.78 is 39.0. The van der Waals surface area contributed by atoms with Gasteiger partial charge in [-0.3, -0.25) is 4.79 Å². The smallest absolute Gasteiger partial charge is 0.248 e. The summed E-state index contributed by atoms with van der Waals surface area (Å²) in [4.78, 5) is 17.4. The first-order chi connectivity index (χ1) is 17.0. The highest BCUT2D eigenvalue weighted by atomic mass is 127. The number of aryl methyl sites for hydroxylation is 1. The Morgan fingerprint density at radius 2 is 1.86 bits per heavy atom. The number of nitrogens with zero attached hydrogens (tertiary/aromatic N) is 3. The molecule has 1 amide bonds. The van der Waals surface area contributed by atoms with E-state index in [1.54, 1.807) is 26.2 Å². The summed E-state index contributed by atoms with van der Waals surface area (Å²) >= 11 is 2.02. The molecule has 1 atom stereocenters. The van der Waals surface area contributed by atoms with E-state index >= 15 is 0 Å². The molecule has 2 aliphatic rings. The standard InChI is InChI=1S/C26H42IN3O5S/c1-19-15-23(34-5)16-24(27)26(19)36(32,33)28(3)13-14-35-18-25(31)29(4)20(2)22-9-7-21(8-10-22)17-30-11-6-12-30/h15-16,20-22H,6-14,17-18H2,1-5H3. The van der Waals surface area contributed by atoms with E-state index in [-0.39, 0.29) is 36.6 Å². The number of sulfonamides is 1. The van der Waals surface area contributed by atoms with Gasteiger partial charge in [0, 0.05) is 36.8 Å².